The van der Waals surface area contributed by atoms with Crippen molar-refractivity contribution in [3.05, 3.63) is 63.3 Å². The van der Waals surface area contributed by atoms with Crippen LogP contribution in [-0.4, -0.2) is 82.8 Å². The average molecular weight is 548 g/mol. The number of rotatable bonds is 6. The second-order valence-corrected chi connectivity index (χ2v) is 10.9. The fourth-order valence-electron chi connectivity index (χ4n) is 6.28. The number of hydrogen-bond acceptors (Lipinski definition) is 7. The summed E-state index contributed by atoms with van der Waals surface area (Å²) in [5.41, 5.74) is 0.975. The number of aryl methyl sites for hydroxylation is 1. The number of aromatic nitrogens is 2. The second-order valence-electron chi connectivity index (χ2n) is 10.9. The molecule has 2 aromatic rings. The molecule has 0 radical (unpaired) electrons. The van der Waals surface area contributed by atoms with Gasteiger partial charge >= 0.3 is 6.18 Å². The van der Waals surface area contributed by atoms with Crippen LogP contribution in [0.4, 0.5) is 13.2 Å². The molecule has 1 aliphatic carbocycles. The number of carbonyl (C=O) groups excluding carboxylic acids is 1. The lowest BCUT2D eigenvalue weighted by Gasteiger charge is -2.30. The number of alkyl halides is 3. The number of nitrogens with zero attached hydrogens (tertiary/aromatic N) is 4. The zero-order valence-corrected chi connectivity index (χ0v) is 21.5. The van der Waals surface area contributed by atoms with Crippen LogP contribution in [0.3, 0.4) is 0 Å². The van der Waals surface area contributed by atoms with Gasteiger partial charge in [-0.15, -0.1) is 0 Å². The minimum atomic E-state index is -4.60. The Morgan fingerprint density at radius 2 is 2.08 bits per heavy atom. The lowest BCUT2D eigenvalue weighted by molar-refractivity contribution is -0.138. The van der Waals surface area contributed by atoms with E-state index in [0.717, 1.165) is 37.5 Å². The first-order valence-electron chi connectivity index (χ1n) is 13.5. The summed E-state index contributed by atoms with van der Waals surface area (Å²) in [6.45, 7) is 3.48. The van der Waals surface area contributed by atoms with Crippen molar-refractivity contribution in [2.24, 2.45) is 0 Å². The van der Waals surface area contributed by atoms with Crippen molar-refractivity contribution in [3.8, 4) is 0 Å². The average Bonchev–Trinajstić information content (AvgIpc) is 3.65. The highest BCUT2D eigenvalue weighted by Gasteiger charge is 2.41. The number of pyridine rings is 2. The SMILES string of the molecule is O=C(CN1CCn2c(cc(C(F)(F)F)cc2=O)C1)NC1CN(C2CCOC2)C[C@@H]1OC1CCc2cnccc21. The minimum absolute atomic E-state index is 0.0259. The van der Waals surface area contributed by atoms with Gasteiger partial charge in [0.25, 0.3) is 5.56 Å². The number of amides is 1. The molecule has 9 nitrogen and oxygen atoms in total. The highest BCUT2D eigenvalue weighted by Crippen LogP contribution is 2.36. The van der Waals surface area contributed by atoms with E-state index >= 15 is 0 Å². The predicted molar refractivity (Wildman–Crippen MR) is 134 cm³/mol. The van der Waals surface area contributed by atoms with Crippen LogP contribution in [0.5, 0.6) is 0 Å². The third-order valence-corrected chi connectivity index (χ3v) is 8.30. The molecule has 4 aliphatic rings. The Hall–Kier alpha value is -2.80. The van der Waals surface area contributed by atoms with E-state index in [1.807, 2.05) is 12.3 Å². The van der Waals surface area contributed by atoms with Gasteiger partial charge in [0.2, 0.25) is 5.91 Å². The van der Waals surface area contributed by atoms with E-state index in [0.29, 0.717) is 32.3 Å². The molecule has 1 N–H and O–H groups in total. The molecule has 0 bridgehead atoms. The quantitative estimate of drug-likeness (QED) is 0.590. The molecule has 2 aromatic heterocycles. The van der Waals surface area contributed by atoms with Crippen LogP contribution < -0.4 is 10.9 Å². The number of carbonyl (C=O) groups is 1. The molecular formula is C27H32F3N5O4. The molecule has 12 heteroatoms. The van der Waals surface area contributed by atoms with Crippen molar-refractivity contribution in [2.75, 3.05) is 39.4 Å². The Kier molecular flexibility index (Phi) is 7.21. The molecule has 4 atom stereocenters. The van der Waals surface area contributed by atoms with Crippen molar-refractivity contribution < 1.29 is 27.4 Å². The fourth-order valence-corrected chi connectivity index (χ4v) is 6.28. The maximum Gasteiger partial charge on any atom is 0.416 e. The van der Waals surface area contributed by atoms with Crippen molar-refractivity contribution in [2.45, 2.75) is 62.8 Å². The van der Waals surface area contributed by atoms with E-state index in [2.05, 4.69) is 15.2 Å². The van der Waals surface area contributed by atoms with Gasteiger partial charge in [-0.2, -0.15) is 13.2 Å². The van der Waals surface area contributed by atoms with Crippen LogP contribution in [-0.2, 0) is 40.0 Å². The van der Waals surface area contributed by atoms with Crippen molar-refractivity contribution in [1.29, 1.82) is 0 Å². The van der Waals surface area contributed by atoms with E-state index in [9.17, 15) is 22.8 Å². The summed E-state index contributed by atoms with van der Waals surface area (Å²) < 4.78 is 53.2. The summed E-state index contributed by atoms with van der Waals surface area (Å²) >= 11 is 0. The summed E-state index contributed by atoms with van der Waals surface area (Å²) in [5, 5.41) is 3.15. The molecule has 1 amide bonds. The zero-order valence-electron chi connectivity index (χ0n) is 21.5. The normalized spacial score (nSPS) is 27.5. The monoisotopic (exact) mass is 547 g/mol. The third-order valence-electron chi connectivity index (χ3n) is 8.30. The Labute approximate surface area is 223 Å². The van der Waals surface area contributed by atoms with Gasteiger partial charge in [0.05, 0.1) is 37.0 Å². The van der Waals surface area contributed by atoms with E-state index in [1.54, 1.807) is 11.1 Å². The van der Waals surface area contributed by atoms with Crippen molar-refractivity contribution in [1.82, 2.24) is 24.7 Å². The van der Waals surface area contributed by atoms with Crippen LogP contribution >= 0.6 is 0 Å². The van der Waals surface area contributed by atoms with Crippen LogP contribution in [0, 0.1) is 0 Å². The lowest BCUT2D eigenvalue weighted by Crippen LogP contribution is -2.49. The number of nitrogens with one attached hydrogen (secondary N) is 1. The van der Waals surface area contributed by atoms with Crippen LogP contribution in [0.2, 0.25) is 0 Å². The smallest absolute Gasteiger partial charge is 0.380 e. The molecule has 2 saturated heterocycles. The van der Waals surface area contributed by atoms with Crippen LogP contribution in [0.15, 0.2) is 35.4 Å². The van der Waals surface area contributed by atoms with Gasteiger partial charge in [0.15, 0.2) is 0 Å². The molecule has 2 fully saturated rings. The van der Waals surface area contributed by atoms with Gasteiger partial charge in [-0.3, -0.25) is 24.4 Å². The largest absolute Gasteiger partial charge is 0.416 e. The third kappa shape index (κ3) is 5.60. The summed E-state index contributed by atoms with van der Waals surface area (Å²) in [5.74, 6) is -0.211. The molecular weight excluding hydrogens is 515 g/mol. The van der Waals surface area contributed by atoms with Crippen LogP contribution in [0.1, 0.15) is 41.3 Å². The number of fused-ring (bicyclic) bond motifs is 2. The molecule has 210 valence electrons. The molecule has 0 spiro atoms. The topological polar surface area (TPSA) is 88.9 Å². The minimum Gasteiger partial charge on any atom is -0.380 e. The Morgan fingerprint density at radius 1 is 1.21 bits per heavy atom. The molecule has 0 saturated carbocycles. The van der Waals surface area contributed by atoms with Crippen molar-refractivity contribution in [3.63, 3.8) is 0 Å². The summed E-state index contributed by atoms with van der Waals surface area (Å²) in [4.78, 5) is 33.7. The van der Waals surface area contributed by atoms with E-state index < -0.39 is 17.3 Å². The van der Waals surface area contributed by atoms with Gasteiger partial charge in [0.1, 0.15) is 0 Å². The van der Waals surface area contributed by atoms with Crippen molar-refractivity contribution >= 4 is 5.91 Å². The fraction of sp³-hybridized carbons (Fsp3) is 0.593. The molecule has 39 heavy (non-hydrogen) atoms. The molecule has 6 rings (SSSR count). The van der Waals surface area contributed by atoms with E-state index in [1.165, 1.54) is 10.1 Å². The highest BCUT2D eigenvalue weighted by molar-refractivity contribution is 5.78. The molecule has 5 heterocycles. The second kappa shape index (κ2) is 10.6. The summed E-state index contributed by atoms with van der Waals surface area (Å²) in [6, 6.07) is 3.70. The number of likely N-dealkylation sites (tertiary alicyclic amines) is 1. The number of hydrogen-bond donors (Lipinski definition) is 1. The molecule has 0 aromatic carbocycles. The Morgan fingerprint density at radius 3 is 2.87 bits per heavy atom. The Bertz CT molecular complexity index is 1280. The maximum absolute atomic E-state index is 13.2. The van der Waals surface area contributed by atoms with Gasteiger partial charge < -0.3 is 19.4 Å². The predicted octanol–water partition coefficient (Wildman–Crippen LogP) is 1.74. The zero-order chi connectivity index (χ0) is 27.1. The Balaban J connectivity index is 1.12. The van der Waals surface area contributed by atoms with Crippen LogP contribution in [0.25, 0.3) is 0 Å². The first-order valence-corrected chi connectivity index (χ1v) is 13.5. The first-order chi connectivity index (χ1) is 18.7. The van der Waals surface area contributed by atoms with Gasteiger partial charge in [-0.1, -0.05) is 0 Å². The number of halogens is 3. The van der Waals surface area contributed by atoms with E-state index in [-0.39, 0.29) is 55.5 Å². The standard InChI is InChI=1S/C27H32F3N5O4/c28-27(29,30)18-9-20-12-33(6-7-35(20)26(37)10-18)15-25(36)32-22-13-34(19-4-8-38-16-19)14-24(22)39-23-2-1-17-11-31-5-3-21(17)23/h3,5,9-11,19,22-24H,1-2,4,6-8,12-16H2,(H,32,36)/t19?,22?,23?,24-/m0/s1. The highest BCUT2D eigenvalue weighted by atomic mass is 19.4. The molecule has 3 aliphatic heterocycles. The van der Waals surface area contributed by atoms with E-state index in [4.69, 9.17) is 9.47 Å². The van der Waals surface area contributed by atoms with Gasteiger partial charge in [-0.05, 0) is 42.5 Å². The summed E-state index contributed by atoms with van der Waals surface area (Å²) in [7, 11) is 0. The summed E-state index contributed by atoms with van der Waals surface area (Å²) in [6.07, 6.45) is 1.54. The number of ether oxygens (including phenoxy) is 2. The molecule has 3 unspecified atom stereocenters. The maximum atomic E-state index is 13.2. The first kappa shape index (κ1) is 26.4. The van der Waals surface area contributed by atoms with Gasteiger partial charge in [0, 0.05) is 69.5 Å². The van der Waals surface area contributed by atoms with Gasteiger partial charge in [-0.25, -0.2) is 0 Å². The lowest BCUT2D eigenvalue weighted by atomic mass is 10.1.